The summed E-state index contributed by atoms with van der Waals surface area (Å²) in [5, 5.41) is 28.0. The van der Waals surface area contributed by atoms with Gasteiger partial charge in [0.05, 0.1) is 11.8 Å². The van der Waals surface area contributed by atoms with Crippen LogP contribution in [0.4, 0.5) is 11.6 Å². The maximum atomic E-state index is 11.4. The quantitative estimate of drug-likeness (QED) is 0.366. The van der Waals surface area contributed by atoms with Gasteiger partial charge in [-0.3, -0.25) is 4.79 Å². The third-order valence-corrected chi connectivity index (χ3v) is 6.36. The Bertz CT molecular complexity index is 1590. The minimum Gasteiger partial charge on any atom is -0.508 e. The second kappa shape index (κ2) is 8.64. The highest BCUT2D eigenvalue weighted by Crippen LogP contribution is 2.27. The largest absolute Gasteiger partial charge is 0.508 e. The number of hydrogen-bond acceptors (Lipinski definition) is 9. The Labute approximate surface area is 209 Å². The molecule has 0 bridgehead atoms. The first-order chi connectivity index (χ1) is 17.5. The summed E-state index contributed by atoms with van der Waals surface area (Å²) < 4.78 is 3.03. The van der Waals surface area contributed by atoms with Gasteiger partial charge >= 0.3 is 5.97 Å². The van der Waals surface area contributed by atoms with Gasteiger partial charge in [-0.15, -0.1) is 5.10 Å². The number of piperazine rings is 1. The molecule has 36 heavy (non-hydrogen) atoms. The van der Waals surface area contributed by atoms with E-state index in [0.29, 0.717) is 52.1 Å². The summed E-state index contributed by atoms with van der Waals surface area (Å²) in [6.45, 7) is 2.44. The van der Waals surface area contributed by atoms with E-state index in [4.69, 9.17) is 21.6 Å². The molecule has 6 rings (SSSR count). The number of halogens is 1. The number of carboxylic acids is 1. The lowest BCUT2D eigenvalue weighted by atomic mass is 10.2. The van der Waals surface area contributed by atoms with Crippen molar-refractivity contribution >= 4 is 51.4 Å². The van der Waals surface area contributed by atoms with Gasteiger partial charge in [-0.05, 0) is 42.5 Å². The van der Waals surface area contributed by atoms with Crippen LogP contribution >= 0.6 is 11.6 Å². The SMILES string of the molecule is O=C(O)Cn1cnc2c(-n3nnc4ccc(Cl)cc43)nc(N3CCN(c4ccc(O)cc4)CC3)nc21. The van der Waals surface area contributed by atoms with Crippen LogP contribution in [-0.2, 0) is 11.3 Å². The Balaban J connectivity index is 1.41. The summed E-state index contributed by atoms with van der Waals surface area (Å²) in [6, 6.07) is 12.4. The number of rotatable bonds is 5. The predicted octanol–water partition coefficient (Wildman–Crippen LogP) is 2.33. The van der Waals surface area contributed by atoms with Gasteiger partial charge in [-0.2, -0.15) is 14.6 Å². The molecule has 4 heterocycles. The topological polar surface area (TPSA) is 138 Å². The highest BCUT2D eigenvalue weighted by atomic mass is 35.5. The zero-order chi connectivity index (χ0) is 24.8. The standard InChI is InChI=1S/C23H20ClN9O3/c24-14-1-6-17-18(11-14)33(29-28-17)22-20-21(32(13-25-20)12-19(35)36)26-23(27-22)31-9-7-30(8-10-31)15-2-4-16(34)5-3-15/h1-6,11,13,34H,7-10,12H2,(H,35,36). The number of benzene rings is 2. The van der Waals surface area contributed by atoms with Crippen molar-refractivity contribution in [3.05, 3.63) is 53.8 Å². The average molecular weight is 506 g/mol. The van der Waals surface area contributed by atoms with Crippen molar-refractivity contribution in [2.24, 2.45) is 0 Å². The van der Waals surface area contributed by atoms with Crippen LogP contribution in [-0.4, -0.2) is 76.9 Å². The minimum atomic E-state index is -1.00. The fraction of sp³-hybridized carbons (Fsp3) is 0.217. The smallest absolute Gasteiger partial charge is 0.323 e. The molecule has 1 aliphatic heterocycles. The van der Waals surface area contributed by atoms with Crippen LogP contribution in [0.3, 0.4) is 0 Å². The fourth-order valence-corrected chi connectivity index (χ4v) is 4.51. The van der Waals surface area contributed by atoms with E-state index in [0.717, 1.165) is 18.8 Å². The molecule has 0 radical (unpaired) electrons. The van der Waals surface area contributed by atoms with E-state index < -0.39 is 5.97 Å². The number of anilines is 2. The molecule has 0 unspecified atom stereocenters. The molecular formula is C23H20ClN9O3. The van der Waals surface area contributed by atoms with E-state index in [9.17, 15) is 15.0 Å². The van der Waals surface area contributed by atoms with E-state index in [1.165, 1.54) is 10.9 Å². The predicted molar refractivity (Wildman–Crippen MR) is 133 cm³/mol. The number of phenols is 1. The Morgan fingerprint density at radius 1 is 1.00 bits per heavy atom. The number of nitrogens with zero attached hydrogens (tertiary/aromatic N) is 9. The minimum absolute atomic E-state index is 0.228. The van der Waals surface area contributed by atoms with Crippen molar-refractivity contribution in [1.29, 1.82) is 0 Å². The molecule has 1 fully saturated rings. The first kappa shape index (κ1) is 22.0. The zero-order valence-electron chi connectivity index (χ0n) is 18.9. The van der Waals surface area contributed by atoms with Gasteiger partial charge in [0.1, 0.15) is 17.8 Å². The van der Waals surface area contributed by atoms with Gasteiger partial charge < -0.3 is 24.6 Å². The molecule has 1 aliphatic rings. The van der Waals surface area contributed by atoms with Crippen molar-refractivity contribution in [2.75, 3.05) is 36.0 Å². The molecule has 0 aliphatic carbocycles. The van der Waals surface area contributed by atoms with Crippen LogP contribution in [0.1, 0.15) is 0 Å². The van der Waals surface area contributed by atoms with E-state index in [-0.39, 0.29) is 12.3 Å². The summed E-state index contributed by atoms with van der Waals surface area (Å²) in [7, 11) is 0. The maximum absolute atomic E-state index is 11.4. The summed E-state index contributed by atoms with van der Waals surface area (Å²) in [6.07, 6.45) is 1.44. The van der Waals surface area contributed by atoms with Gasteiger partial charge in [0.25, 0.3) is 0 Å². The lowest BCUT2D eigenvalue weighted by Gasteiger charge is -2.36. The summed E-state index contributed by atoms with van der Waals surface area (Å²) in [5.41, 5.74) is 3.12. The van der Waals surface area contributed by atoms with Crippen LogP contribution in [0, 0.1) is 0 Å². The molecule has 0 atom stereocenters. The summed E-state index contributed by atoms with van der Waals surface area (Å²) in [5.74, 6) is 0.0635. The number of phenolic OH excluding ortho intramolecular Hbond substituents is 1. The van der Waals surface area contributed by atoms with Crippen molar-refractivity contribution in [3.63, 3.8) is 0 Å². The maximum Gasteiger partial charge on any atom is 0.323 e. The van der Waals surface area contributed by atoms with Crippen molar-refractivity contribution in [2.45, 2.75) is 6.54 Å². The number of aromatic nitrogens is 7. The molecule has 2 aromatic carbocycles. The number of carbonyl (C=O) groups is 1. The number of aliphatic carboxylic acids is 1. The van der Waals surface area contributed by atoms with Crippen molar-refractivity contribution in [3.8, 4) is 11.6 Å². The molecule has 0 amide bonds. The molecular weight excluding hydrogens is 486 g/mol. The van der Waals surface area contributed by atoms with Crippen LogP contribution in [0.15, 0.2) is 48.8 Å². The van der Waals surface area contributed by atoms with Crippen molar-refractivity contribution in [1.82, 2.24) is 34.5 Å². The molecule has 1 saturated heterocycles. The van der Waals surface area contributed by atoms with Crippen LogP contribution < -0.4 is 9.80 Å². The lowest BCUT2D eigenvalue weighted by molar-refractivity contribution is -0.137. The van der Waals surface area contributed by atoms with Gasteiger partial charge in [0.15, 0.2) is 17.0 Å². The number of imidazole rings is 1. The number of carboxylic acid groups (broad SMARTS) is 1. The molecule has 0 saturated carbocycles. The normalized spacial score (nSPS) is 14.1. The molecule has 182 valence electrons. The number of aromatic hydroxyl groups is 1. The van der Waals surface area contributed by atoms with Gasteiger partial charge in [0.2, 0.25) is 5.95 Å². The molecule has 13 heteroatoms. The Kier molecular flexibility index (Phi) is 5.29. The van der Waals surface area contributed by atoms with Crippen LogP contribution in [0.2, 0.25) is 5.02 Å². The fourth-order valence-electron chi connectivity index (χ4n) is 4.35. The Morgan fingerprint density at radius 3 is 2.50 bits per heavy atom. The first-order valence-electron chi connectivity index (χ1n) is 11.2. The first-order valence-corrected chi connectivity index (χ1v) is 11.6. The van der Waals surface area contributed by atoms with Gasteiger partial charge in [0, 0.05) is 36.9 Å². The zero-order valence-corrected chi connectivity index (χ0v) is 19.6. The van der Waals surface area contributed by atoms with Gasteiger partial charge in [-0.25, -0.2) is 4.98 Å². The van der Waals surface area contributed by atoms with E-state index >= 15 is 0 Å². The van der Waals surface area contributed by atoms with Crippen LogP contribution in [0.5, 0.6) is 5.75 Å². The van der Waals surface area contributed by atoms with E-state index in [1.807, 2.05) is 17.0 Å². The Hall–Kier alpha value is -4.45. The summed E-state index contributed by atoms with van der Waals surface area (Å²) >= 11 is 6.23. The number of fused-ring (bicyclic) bond motifs is 2. The van der Waals surface area contributed by atoms with E-state index in [2.05, 4.69) is 20.2 Å². The lowest BCUT2D eigenvalue weighted by Crippen LogP contribution is -2.47. The van der Waals surface area contributed by atoms with Gasteiger partial charge in [-0.1, -0.05) is 16.8 Å². The van der Waals surface area contributed by atoms with Crippen LogP contribution in [0.25, 0.3) is 28.0 Å². The summed E-state index contributed by atoms with van der Waals surface area (Å²) in [4.78, 5) is 29.6. The molecule has 12 nitrogen and oxygen atoms in total. The Morgan fingerprint density at radius 2 is 1.75 bits per heavy atom. The molecule has 2 N–H and O–H groups in total. The third kappa shape index (κ3) is 3.90. The molecule has 0 spiro atoms. The average Bonchev–Trinajstić information content (AvgIpc) is 3.47. The monoisotopic (exact) mass is 505 g/mol. The molecule has 5 aromatic rings. The number of hydrogen-bond donors (Lipinski definition) is 2. The third-order valence-electron chi connectivity index (χ3n) is 6.12. The highest BCUT2D eigenvalue weighted by Gasteiger charge is 2.24. The second-order valence-electron chi connectivity index (χ2n) is 8.41. The van der Waals surface area contributed by atoms with E-state index in [1.54, 1.807) is 35.0 Å². The molecule has 3 aromatic heterocycles. The highest BCUT2D eigenvalue weighted by molar-refractivity contribution is 6.31. The van der Waals surface area contributed by atoms with Crippen molar-refractivity contribution < 1.29 is 15.0 Å². The second-order valence-corrected chi connectivity index (χ2v) is 8.85.